The first-order chi connectivity index (χ1) is 11.8. The van der Waals surface area contributed by atoms with Crippen molar-refractivity contribution >= 4 is 11.8 Å². The van der Waals surface area contributed by atoms with Gasteiger partial charge in [0, 0.05) is 17.0 Å². The highest BCUT2D eigenvalue weighted by Crippen LogP contribution is 2.27. The van der Waals surface area contributed by atoms with E-state index in [0.29, 0.717) is 23.8 Å². The average Bonchev–Trinajstić information content (AvgIpc) is 3.39. The van der Waals surface area contributed by atoms with Gasteiger partial charge >= 0.3 is 0 Å². The molecule has 1 saturated carbocycles. The van der Waals surface area contributed by atoms with Gasteiger partial charge in [-0.1, -0.05) is 11.8 Å². The Hall–Kier alpha value is -2.56. The van der Waals surface area contributed by atoms with Crippen molar-refractivity contribution < 1.29 is 19.5 Å². The molecule has 134 valence electrons. The van der Waals surface area contributed by atoms with Gasteiger partial charge in [0.1, 0.15) is 18.4 Å². The molecule has 0 saturated heterocycles. The van der Waals surface area contributed by atoms with Gasteiger partial charge in [0.05, 0.1) is 0 Å². The van der Waals surface area contributed by atoms with Crippen molar-refractivity contribution in [3.8, 4) is 17.6 Å². The second kappa shape index (κ2) is 8.01. The molecule has 0 spiro atoms. The maximum absolute atomic E-state index is 12.3. The first kappa shape index (κ1) is 18.8. The molecule has 25 heavy (non-hydrogen) atoms. The summed E-state index contributed by atoms with van der Waals surface area (Å²) in [5, 5.41) is 11.3. The molecule has 5 N–H and O–H groups in total. The van der Waals surface area contributed by atoms with Crippen LogP contribution in [0.4, 0.5) is 0 Å². The second-order valence-corrected chi connectivity index (χ2v) is 6.61. The average molecular weight is 345 g/mol. The lowest BCUT2D eigenvalue weighted by atomic mass is 9.95. The number of nitrogens with two attached hydrogens (primary N) is 1. The van der Waals surface area contributed by atoms with Gasteiger partial charge in [-0.3, -0.25) is 14.8 Å². The summed E-state index contributed by atoms with van der Waals surface area (Å²) < 4.78 is 5.49. The standard InChI is InChI=1S/C18H23N3O4/c1-18(2,19)15(17(23)21-24)20-16(22)13-7-9-14(10-8-13)25-11-3-4-12-5-6-12/h7-10,12,15,24H,5-6,11,19H2,1-2H3,(H,20,22)(H,21,23). The van der Waals surface area contributed by atoms with Gasteiger partial charge < -0.3 is 15.8 Å². The summed E-state index contributed by atoms with van der Waals surface area (Å²) in [6.45, 7) is 3.46. The van der Waals surface area contributed by atoms with Crippen LogP contribution in [-0.2, 0) is 4.79 Å². The number of rotatable bonds is 6. The fraction of sp³-hybridized carbons (Fsp3) is 0.444. The molecule has 0 bridgehead atoms. The lowest BCUT2D eigenvalue weighted by Crippen LogP contribution is -2.61. The van der Waals surface area contributed by atoms with Crippen molar-refractivity contribution in [1.29, 1.82) is 0 Å². The number of carbonyl (C=O) groups excluding carboxylic acids is 2. The topological polar surface area (TPSA) is 114 Å². The number of hydrogen-bond acceptors (Lipinski definition) is 5. The molecule has 2 amide bonds. The summed E-state index contributed by atoms with van der Waals surface area (Å²) in [5.74, 6) is 5.93. The maximum Gasteiger partial charge on any atom is 0.267 e. The summed E-state index contributed by atoms with van der Waals surface area (Å²) in [4.78, 5) is 24.0. The lowest BCUT2D eigenvalue weighted by molar-refractivity contribution is -0.132. The van der Waals surface area contributed by atoms with Crippen LogP contribution in [0.5, 0.6) is 5.75 Å². The largest absolute Gasteiger partial charge is 0.481 e. The van der Waals surface area contributed by atoms with E-state index in [0.717, 1.165) is 0 Å². The monoisotopic (exact) mass is 345 g/mol. The van der Waals surface area contributed by atoms with Crippen LogP contribution in [0.25, 0.3) is 0 Å². The second-order valence-electron chi connectivity index (χ2n) is 6.61. The van der Waals surface area contributed by atoms with Crippen LogP contribution < -0.4 is 21.3 Å². The van der Waals surface area contributed by atoms with Gasteiger partial charge in [0.25, 0.3) is 11.8 Å². The molecule has 0 aromatic heterocycles. The van der Waals surface area contributed by atoms with Gasteiger partial charge in [0.15, 0.2) is 0 Å². The molecule has 0 heterocycles. The summed E-state index contributed by atoms with van der Waals surface area (Å²) >= 11 is 0. The first-order valence-corrected chi connectivity index (χ1v) is 8.06. The zero-order valence-corrected chi connectivity index (χ0v) is 14.3. The molecule has 0 aliphatic heterocycles. The third kappa shape index (κ3) is 5.78. The molecule has 7 heteroatoms. The van der Waals surface area contributed by atoms with Crippen LogP contribution in [0.2, 0.25) is 0 Å². The fourth-order valence-corrected chi connectivity index (χ4v) is 2.10. The summed E-state index contributed by atoms with van der Waals surface area (Å²) in [6, 6.07) is 5.39. The molecule has 2 rings (SSSR count). The van der Waals surface area contributed by atoms with Gasteiger partial charge in [-0.05, 0) is 51.0 Å². The van der Waals surface area contributed by atoms with E-state index in [-0.39, 0.29) is 0 Å². The van der Waals surface area contributed by atoms with Crippen molar-refractivity contribution in [2.45, 2.75) is 38.3 Å². The van der Waals surface area contributed by atoms with Crippen LogP contribution in [-0.4, -0.2) is 35.2 Å². The molecule has 1 aliphatic rings. The minimum atomic E-state index is -1.08. The van der Waals surface area contributed by atoms with Crippen molar-refractivity contribution in [2.75, 3.05) is 6.61 Å². The van der Waals surface area contributed by atoms with E-state index in [1.54, 1.807) is 38.1 Å². The Bertz CT molecular complexity index is 679. The Labute approximate surface area is 146 Å². The molecule has 1 aromatic rings. The third-order valence-electron chi connectivity index (χ3n) is 3.70. The van der Waals surface area contributed by atoms with E-state index >= 15 is 0 Å². The molecular weight excluding hydrogens is 322 g/mol. The third-order valence-corrected chi connectivity index (χ3v) is 3.70. The Balaban J connectivity index is 1.94. The zero-order valence-electron chi connectivity index (χ0n) is 14.3. The Morgan fingerprint density at radius 3 is 2.52 bits per heavy atom. The Morgan fingerprint density at radius 2 is 2.00 bits per heavy atom. The predicted octanol–water partition coefficient (Wildman–Crippen LogP) is 0.820. The number of amides is 2. The van der Waals surface area contributed by atoms with Crippen molar-refractivity contribution in [1.82, 2.24) is 10.8 Å². The molecule has 1 unspecified atom stereocenters. The molecular formula is C18H23N3O4. The van der Waals surface area contributed by atoms with Crippen LogP contribution >= 0.6 is 0 Å². The normalized spacial score (nSPS) is 14.7. The minimum absolute atomic E-state index is 0.308. The van der Waals surface area contributed by atoms with Crippen LogP contribution in [0.3, 0.4) is 0 Å². The highest BCUT2D eigenvalue weighted by molar-refractivity contribution is 5.97. The molecule has 0 radical (unpaired) electrons. The predicted molar refractivity (Wildman–Crippen MR) is 91.9 cm³/mol. The van der Waals surface area contributed by atoms with Gasteiger partial charge in [0.2, 0.25) is 0 Å². The van der Waals surface area contributed by atoms with Gasteiger partial charge in [-0.15, -0.1) is 0 Å². The quantitative estimate of drug-likeness (QED) is 0.346. The number of hydrogen-bond donors (Lipinski definition) is 4. The van der Waals surface area contributed by atoms with E-state index in [1.807, 2.05) is 0 Å². The Morgan fingerprint density at radius 1 is 1.36 bits per heavy atom. The van der Waals surface area contributed by atoms with E-state index < -0.39 is 23.4 Å². The van der Waals surface area contributed by atoms with E-state index in [9.17, 15) is 9.59 Å². The number of ether oxygens (including phenoxy) is 1. The van der Waals surface area contributed by atoms with Crippen LogP contribution in [0.15, 0.2) is 24.3 Å². The van der Waals surface area contributed by atoms with Crippen LogP contribution in [0, 0.1) is 17.8 Å². The van der Waals surface area contributed by atoms with E-state index in [2.05, 4.69) is 17.2 Å². The molecule has 1 aliphatic carbocycles. The van der Waals surface area contributed by atoms with Crippen molar-refractivity contribution in [3.63, 3.8) is 0 Å². The first-order valence-electron chi connectivity index (χ1n) is 8.06. The number of nitrogens with one attached hydrogen (secondary N) is 2. The molecule has 1 fully saturated rings. The highest BCUT2D eigenvalue weighted by atomic mass is 16.5. The SMILES string of the molecule is CC(C)(N)C(NC(=O)c1ccc(OCC#CC2CC2)cc1)C(=O)NO. The fourth-order valence-electron chi connectivity index (χ4n) is 2.10. The summed E-state index contributed by atoms with van der Waals surface area (Å²) in [7, 11) is 0. The summed E-state index contributed by atoms with van der Waals surface area (Å²) in [5.41, 5.74) is 6.69. The van der Waals surface area contributed by atoms with Crippen LogP contribution in [0.1, 0.15) is 37.0 Å². The van der Waals surface area contributed by atoms with Crippen molar-refractivity contribution in [3.05, 3.63) is 29.8 Å². The van der Waals surface area contributed by atoms with Crippen molar-refractivity contribution in [2.24, 2.45) is 11.7 Å². The zero-order chi connectivity index (χ0) is 18.4. The van der Waals surface area contributed by atoms with E-state index in [1.165, 1.54) is 18.3 Å². The van der Waals surface area contributed by atoms with Gasteiger partial charge in [-0.2, -0.15) is 0 Å². The Kier molecular flexibility index (Phi) is 6.02. The highest BCUT2D eigenvalue weighted by Gasteiger charge is 2.33. The summed E-state index contributed by atoms with van der Waals surface area (Å²) in [6.07, 6.45) is 2.34. The lowest BCUT2D eigenvalue weighted by Gasteiger charge is -2.29. The number of benzene rings is 1. The molecule has 1 aromatic carbocycles. The number of carbonyl (C=O) groups is 2. The maximum atomic E-state index is 12.3. The number of hydroxylamine groups is 1. The van der Waals surface area contributed by atoms with Gasteiger partial charge in [-0.25, -0.2) is 5.48 Å². The minimum Gasteiger partial charge on any atom is -0.481 e. The smallest absolute Gasteiger partial charge is 0.267 e. The van der Waals surface area contributed by atoms with E-state index in [4.69, 9.17) is 15.7 Å². The molecule has 1 atom stereocenters. The molecule has 7 nitrogen and oxygen atoms in total.